The number of aliphatic carboxylic acids is 1. The van der Waals surface area contributed by atoms with Crippen LogP contribution in [0.25, 0.3) is 0 Å². The van der Waals surface area contributed by atoms with Crippen LogP contribution in [0, 0.1) is 17.6 Å². The Hall–Kier alpha value is -3.69. The van der Waals surface area contributed by atoms with E-state index in [1.807, 2.05) is 12.1 Å². The number of ether oxygens (including phenoxy) is 1. The Labute approximate surface area is 220 Å². The van der Waals surface area contributed by atoms with Crippen LogP contribution < -0.4 is 20.3 Å². The van der Waals surface area contributed by atoms with Gasteiger partial charge in [-0.1, -0.05) is 0 Å². The summed E-state index contributed by atoms with van der Waals surface area (Å²) < 4.78 is 34.6. The normalized spacial score (nSPS) is 19.5. The average molecular weight is 530 g/mol. The van der Waals surface area contributed by atoms with E-state index in [0.29, 0.717) is 31.2 Å². The predicted molar refractivity (Wildman–Crippen MR) is 138 cm³/mol. The molecule has 2 aromatic rings. The van der Waals surface area contributed by atoms with Crippen LogP contribution >= 0.6 is 0 Å². The molecular formula is C28H33F2N3O5. The number of hydrogen-bond donors (Lipinski definition) is 3. The molecule has 1 heterocycles. The van der Waals surface area contributed by atoms with Crippen molar-refractivity contribution in [2.24, 2.45) is 5.92 Å². The maximum atomic E-state index is 14.6. The van der Waals surface area contributed by atoms with Gasteiger partial charge in [0.05, 0.1) is 12.0 Å². The molecule has 2 aromatic carbocycles. The molecule has 2 aliphatic rings. The number of nitrogens with zero attached hydrogens (tertiary/aromatic N) is 1. The standard InChI is InChI=1S/C28H33F2N3O5/c29-23-16-20(17-24(30)25(23)38-22-10-6-19(7-11-22)28(36)37)27(35)32-13-12-31-26(34)18-4-8-21(9-5-18)33-14-2-1-3-15-33/h4-5,8-9,16-17,19,22H,1-3,6-7,10-15H2,(H,31,34)(H,32,35)(H,36,37)/t19-,22+. The first kappa shape index (κ1) is 27.3. The monoisotopic (exact) mass is 529 g/mol. The number of carbonyl (C=O) groups is 3. The molecule has 4 rings (SSSR count). The van der Waals surface area contributed by atoms with E-state index in [1.165, 1.54) is 19.3 Å². The van der Waals surface area contributed by atoms with E-state index in [-0.39, 0.29) is 24.6 Å². The minimum atomic E-state index is -1.00. The highest BCUT2D eigenvalue weighted by molar-refractivity contribution is 5.95. The smallest absolute Gasteiger partial charge is 0.306 e. The number of amides is 2. The highest BCUT2D eigenvalue weighted by Gasteiger charge is 2.28. The van der Waals surface area contributed by atoms with Crippen LogP contribution in [-0.4, -0.2) is 55.2 Å². The van der Waals surface area contributed by atoms with Crippen molar-refractivity contribution in [1.82, 2.24) is 10.6 Å². The van der Waals surface area contributed by atoms with Crippen molar-refractivity contribution in [3.63, 3.8) is 0 Å². The molecule has 8 nitrogen and oxygen atoms in total. The van der Waals surface area contributed by atoms with Gasteiger partial charge in [0, 0.05) is 43.0 Å². The molecule has 2 fully saturated rings. The quantitative estimate of drug-likeness (QED) is 0.422. The number of carboxylic acid groups (broad SMARTS) is 1. The van der Waals surface area contributed by atoms with Crippen LogP contribution in [0.2, 0.25) is 0 Å². The Morgan fingerprint density at radius 1 is 0.842 bits per heavy atom. The molecule has 0 atom stereocenters. The fraction of sp³-hybridized carbons (Fsp3) is 0.464. The minimum absolute atomic E-state index is 0.0741. The van der Waals surface area contributed by atoms with E-state index in [1.54, 1.807) is 12.1 Å². The van der Waals surface area contributed by atoms with Crippen molar-refractivity contribution in [3.05, 3.63) is 59.2 Å². The average Bonchev–Trinajstić information content (AvgIpc) is 2.93. The van der Waals surface area contributed by atoms with Gasteiger partial charge >= 0.3 is 5.97 Å². The summed E-state index contributed by atoms with van der Waals surface area (Å²) in [5.41, 5.74) is 1.39. The molecule has 2 amide bonds. The van der Waals surface area contributed by atoms with E-state index in [9.17, 15) is 23.2 Å². The van der Waals surface area contributed by atoms with Gasteiger partial charge in [-0.25, -0.2) is 8.78 Å². The van der Waals surface area contributed by atoms with Gasteiger partial charge in [0.2, 0.25) is 0 Å². The summed E-state index contributed by atoms with van der Waals surface area (Å²) in [6, 6.07) is 9.20. The molecular weight excluding hydrogens is 496 g/mol. The van der Waals surface area contributed by atoms with Gasteiger partial charge in [0.15, 0.2) is 17.4 Å². The van der Waals surface area contributed by atoms with Crippen LogP contribution in [0.1, 0.15) is 65.7 Å². The molecule has 0 aromatic heterocycles. The number of anilines is 1. The number of hydrogen-bond acceptors (Lipinski definition) is 5. The molecule has 204 valence electrons. The minimum Gasteiger partial charge on any atom is -0.484 e. The van der Waals surface area contributed by atoms with Gasteiger partial charge in [0.1, 0.15) is 0 Å². The lowest BCUT2D eigenvalue weighted by Crippen LogP contribution is -2.35. The fourth-order valence-corrected chi connectivity index (χ4v) is 4.93. The van der Waals surface area contributed by atoms with E-state index in [4.69, 9.17) is 9.84 Å². The Morgan fingerprint density at radius 3 is 1.95 bits per heavy atom. The molecule has 0 bridgehead atoms. The van der Waals surface area contributed by atoms with E-state index >= 15 is 0 Å². The third kappa shape index (κ3) is 6.99. The summed E-state index contributed by atoms with van der Waals surface area (Å²) >= 11 is 0. The maximum absolute atomic E-state index is 14.6. The van der Waals surface area contributed by atoms with Gasteiger partial charge in [-0.05, 0) is 81.3 Å². The second kappa shape index (κ2) is 12.7. The first-order valence-electron chi connectivity index (χ1n) is 13.1. The largest absolute Gasteiger partial charge is 0.484 e. The molecule has 0 spiro atoms. The van der Waals surface area contributed by atoms with E-state index < -0.39 is 41.3 Å². The molecule has 38 heavy (non-hydrogen) atoms. The van der Waals surface area contributed by atoms with Gasteiger partial charge < -0.3 is 25.4 Å². The second-order valence-electron chi connectivity index (χ2n) is 9.81. The highest BCUT2D eigenvalue weighted by Crippen LogP contribution is 2.31. The Bertz CT molecular complexity index is 1120. The third-order valence-electron chi connectivity index (χ3n) is 7.12. The zero-order chi connectivity index (χ0) is 27.1. The fourth-order valence-electron chi connectivity index (χ4n) is 4.93. The molecule has 1 saturated carbocycles. The topological polar surface area (TPSA) is 108 Å². The lowest BCUT2D eigenvalue weighted by molar-refractivity contribution is -0.143. The summed E-state index contributed by atoms with van der Waals surface area (Å²) in [5.74, 6) is -4.88. The number of nitrogens with one attached hydrogen (secondary N) is 2. The second-order valence-corrected chi connectivity index (χ2v) is 9.81. The van der Waals surface area contributed by atoms with Gasteiger partial charge in [-0.2, -0.15) is 0 Å². The van der Waals surface area contributed by atoms with Crippen LogP contribution in [0.5, 0.6) is 5.75 Å². The molecule has 1 aliphatic heterocycles. The summed E-state index contributed by atoms with van der Waals surface area (Å²) in [4.78, 5) is 38.2. The van der Waals surface area contributed by atoms with Crippen LogP contribution in [0.15, 0.2) is 36.4 Å². The summed E-state index contributed by atoms with van der Waals surface area (Å²) in [7, 11) is 0. The Morgan fingerprint density at radius 2 is 1.39 bits per heavy atom. The van der Waals surface area contributed by atoms with Crippen molar-refractivity contribution >= 4 is 23.5 Å². The van der Waals surface area contributed by atoms with Crippen molar-refractivity contribution in [3.8, 4) is 5.75 Å². The van der Waals surface area contributed by atoms with Crippen LogP contribution in [0.3, 0.4) is 0 Å². The van der Waals surface area contributed by atoms with Gasteiger partial charge in [0.25, 0.3) is 11.8 Å². The van der Waals surface area contributed by atoms with Crippen molar-refractivity contribution < 1.29 is 33.0 Å². The number of rotatable bonds is 9. The third-order valence-corrected chi connectivity index (χ3v) is 7.12. The van der Waals surface area contributed by atoms with E-state index in [2.05, 4.69) is 15.5 Å². The number of halogens is 2. The molecule has 3 N–H and O–H groups in total. The lowest BCUT2D eigenvalue weighted by atomic mass is 9.87. The molecule has 0 unspecified atom stereocenters. The Kier molecular flexibility index (Phi) is 9.15. The molecule has 1 saturated heterocycles. The number of piperidine rings is 1. The van der Waals surface area contributed by atoms with Crippen molar-refractivity contribution in [2.45, 2.75) is 51.0 Å². The Balaban J connectivity index is 1.22. The van der Waals surface area contributed by atoms with Gasteiger partial charge in [-0.3, -0.25) is 14.4 Å². The number of benzene rings is 2. The van der Waals surface area contributed by atoms with Crippen molar-refractivity contribution in [2.75, 3.05) is 31.1 Å². The zero-order valence-electron chi connectivity index (χ0n) is 21.2. The maximum Gasteiger partial charge on any atom is 0.306 e. The first-order valence-corrected chi connectivity index (χ1v) is 13.1. The first-order chi connectivity index (χ1) is 18.3. The van der Waals surface area contributed by atoms with Crippen LogP contribution in [-0.2, 0) is 4.79 Å². The highest BCUT2D eigenvalue weighted by atomic mass is 19.1. The van der Waals surface area contributed by atoms with Gasteiger partial charge in [-0.15, -0.1) is 0 Å². The summed E-state index contributed by atoms with van der Waals surface area (Å²) in [6.45, 7) is 2.25. The van der Waals surface area contributed by atoms with E-state index in [0.717, 1.165) is 30.9 Å². The predicted octanol–water partition coefficient (Wildman–Crippen LogP) is 4.14. The summed E-state index contributed by atoms with van der Waals surface area (Å²) in [6.07, 6.45) is 4.62. The zero-order valence-corrected chi connectivity index (χ0v) is 21.2. The molecule has 10 heteroatoms. The van der Waals surface area contributed by atoms with Crippen molar-refractivity contribution in [1.29, 1.82) is 0 Å². The molecule has 0 radical (unpaired) electrons. The lowest BCUT2D eigenvalue weighted by Gasteiger charge is -2.28. The number of carboxylic acids is 1. The van der Waals surface area contributed by atoms with Crippen LogP contribution in [0.4, 0.5) is 14.5 Å². The number of carbonyl (C=O) groups excluding carboxylic acids is 2. The summed E-state index contributed by atoms with van der Waals surface area (Å²) in [5, 5.41) is 14.3. The SMILES string of the molecule is O=C(NCCNC(=O)c1cc(F)c(O[C@H]2CC[C@@H](C(=O)O)CC2)c(F)c1)c1ccc(N2CCCCC2)cc1. The molecule has 1 aliphatic carbocycles.